The summed E-state index contributed by atoms with van der Waals surface area (Å²) in [7, 11) is 1.55. The molecule has 1 aliphatic rings. The van der Waals surface area contributed by atoms with E-state index in [2.05, 4.69) is 10.3 Å². The summed E-state index contributed by atoms with van der Waals surface area (Å²) >= 11 is 0. The first-order chi connectivity index (χ1) is 10.5. The van der Waals surface area contributed by atoms with E-state index in [4.69, 9.17) is 10.5 Å². The Kier molecular flexibility index (Phi) is 5.32. The molecule has 7 heteroatoms. The van der Waals surface area contributed by atoms with Crippen LogP contribution in [0.25, 0.3) is 0 Å². The van der Waals surface area contributed by atoms with E-state index in [1.165, 1.54) is 0 Å². The van der Waals surface area contributed by atoms with Crippen molar-refractivity contribution >= 4 is 11.8 Å². The third kappa shape index (κ3) is 3.94. The van der Waals surface area contributed by atoms with Gasteiger partial charge in [-0.2, -0.15) is 0 Å². The van der Waals surface area contributed by atoms with Crippen molar-refractivity contribution < 1.29 is 14.3 Å². The third-order valence-corrected chi connectivity index (χ3v) is 3.94. The van der Waals surface area contributed by atoms with E-state index >= 15 is 0 Å². The Bertz CT molecular complexity index is 554. The van der Waals surface area contributed by atoms with E-state index in [9.17, 15) is 9.59 Å². The molecule has 2 rings (SSSR count). The minimum Gasteiger partial charge on any atom is -0.496 e. The molecule has 7 nitrogen and oxygen atoms in total. The Balaban J connectivity index is 1.92. The van der Waals surface area contributed by atoms with Gasteiger partial charge in [0, 0.05) is 50.4 Å². The van der Waals surface area contributed by atoms with Crippen LogP contribution in [0.1, 0.15) is 35.8 Å². The lowest BCUT2D eigenvalue weighted by molar-refractivity contribution is -0.129. The summed E-state index contributed by atoms with van der Waals surface area (Å²) in [6.45, 7) is 3.76. The van der Waals surface area contributed by atoms with E-state index in [0.29, 0.717) is 18.3 Å². The van der Waals surface area contributed by atoms with Crippen LogP contribution in [0.4, 0.5) is 0 Å². The monoisotopic (exact) mass is 306 g/mol. The lowest BCUT2D eigenvalue weighted by Crippen LogP contribution is -2.44. The number of nitrogens with two attached hydrogens (primary N) is 1. The van der Waals surface area contributed by atoms with Gasteiger partial charge in [-0.1, -0.05) is 0 Å². The van der Waals surface area contributed by atoms with Crippen molar-refractivity contribution in [3.05, 3.63) is 23.5 Å². The average Bonchev–Trinajstić information content (AvgIpc) is 2.52. The summed E-state index contributed by atoms with van der Waals surface area (Å²) in [4.78, 5) is 28.3. The van der Waals surface area contributed by atoms with Crippen LogP contribution < -0.4 is 15.8 Å². The Morgan fingerprint density at radius 3 is 2.68 bits per heavy atom. The number of carbonyl (C=O) groups is 2. The molecule has 2 amide bonds. The lowest BCUT2D eigenvalue weighted by atomic mass is 10.0. The molecule has 22 heavy (non-hydrogen) atoms. The minimum absolute atomic E-state index is 0.131. The SMILES string of the molecule is COc1cc(C(N)=O)ncc1CNC1CCN(C(C)=O)CC1. The number of primary amides is 1. The van der Waals surface area contributed by atoms with Gasteiger partial charge in [-0.25, -0.2) is 0 Å². The van der Waals surface area contributed by atoms with E-state index in [1.54, 1.807) is 26.3 Å². The third-order valence-electron chi connectivity index (χ3n) is 3.94. The largest absolute Gasteiger partial charge is 0.496 e. The summed E-state index contributed by atoms with van der Waals surface area (Å²) < 4.78 is 5.28. The van der Waals surface area contributed by atoms with E-state index in [-0.39, 0.29) is 11.6 Å². The second kappa shape index (κ2) is 7.22. The number of hydrogen-bond acceptors (Lipinski definition) is 5. The zero-order valence-electron chi connectivity index (χ0n) is 13.0. The number of likely N-dealkylation sites (tertiary alicyclic amines) is 1. The van der Waals surface area contributed by atoms with Crippen LogP contribution in [0.3, 0.4) is 0 Å². The molecule has 1 aliphatic heterocycles. The maximum atomic E-state index is 11.3. The summed E-state index contributed by atoms with van der Waals surface area (Å²) in [5.41, 5.74) is 6.28. The Morgan fingerprint density at radius 1 is 1.45 bits per heavy atom. The Labute approximate surface area is 129 Å². The maximum Gasteiger partial charge on any atom is 0.267 e. The predicted octanol–water partition coefficient (Wildman–Crippen LogP) is 0.290. The van der Waals surface area contributed by atoms with Gasteiger partial charge in [0.05, 0.1) is 7.11 Å². The first kappa shape index (κ1) is 16.2. The second-order valence-electron chi connectivity index (χ2n) is 5.41. The average molecular weight is 306 g/mol. The number of pyridine rings is 1. The molecular weight excluding hydrogens is 284 g/mol. The molecule has 0 aliphatic carbocycles. The van der Waals surface area contributed by atoms with Gasteiger partial charge < -0.3 is 20.7 Å². The fraction of sp³-hybridized carbons (Fsp3) is 0.533. The molecule has 0 radical (unpaired) electrons. The van der Waals surface area contributed by atoms with Gasteiger partial charge in [-0.3, -0.25) is 14.6 Å². The number of amides is 2. The normalized spacial score (nSPS) is 15.6. The van der Waals surface area contributed by atoms with Crippen molar-refractivity contribution in [1.82, 2.24) is 15.2 Å². The zero-order valence-corrected chi connectivity index (χ0v) is 13.0. The molecule has 1 aromatic rings. The molecule has 1 saturated heterocycles. The maximum absolute atomic E-state index is 11.3. The molecule has 0 aromatic carbocycles. The van der Waals surface area contributed by atoms with E-state index in [0.717, 1.165) is 31.5 Å². The quantitative estimate of drug-likeness (QED) is 0.815. The number of rotatable bonds is 5. The number of nitrogens with zero attached hydrogens (tertiary/aromatic N) is 2. The van der Waals surface area contributed by atoms with Crippen molar-refractivity contribution in [1.29, 1.82) is 0 Å². The lowest BCUT2D eigenvalue weighted by Gasteiger charge is -2.31. The van der Waals surface area contributed by atoms with E-state index < -0.39 is 5.91 Å². The molecule has 0 saturated carbocycles. The molecule has 3 N–H and O–H groups in total. The van der Waals surface area contributed by atoms with Gasteiger partial charge in [0.15, 0.2) is 0 Å². The van der Waals surface area contributed by atoms with Gasteiger partial charge >= 0.3 is 0 Å². The number of aromatic nitrogens is 1. The number of hydrogen-bond donors (Lipinski definition) is 2. The molecule has 1 aromatic heterocycles. The summed E-state index contributed by atoms with van der Waals surface area (Å²) in [5, 5.41) is 3.45. The van der Waals surface area contributed by atoms with Crippen molar-refractivity contribution in [2.24, 2.45) is 5.73 Å². The number of carbonyl (C=O) groups excluding carboxylic acids is 2. The fourth-order valence-electron chi connectivity index (χ4n) is 2.58. The molecule has 120 valence electrons. The van der Waals surface area contributed by atoms with Gasteiger partial charge in [0.1, 0.15) is 11.4 Å². The smallest absolute Gasteiger partial charge is 0.267 e. The van der Waals surface area contributed by atoms with Crippen LogP contribution >= 0.6 is 0 Å². The van der Waals surface area contributed by atoms with Gasteiger partial charge in [0.2, 0.25) is 5.91 Å². The zero-order chi connectivity index (χ0) is 16.1. The van der Waals surface area contributed by atoms with Crippen LogP contribution in [-0.2, 0) is 11.3 Å². The minimum atomic E-state index is -0.575. The molecule has 1 fully saturated rings. The first-order valence-electron chi connectivity index (χ1n) is 7.33. The number of piperidine rings is 1. The van der Waals surface area contributed by atoms with Crippen molar-refractivity contribution in [3.63, 3.8) is 0 Å². The fourth-order valence-corrected chi connectivity index (χ4v) is 2.58. The topological polar surface area (TPSA) is 97.6 Å². The summed E-state index contributed by atoms with van der Waals surface area (Å²) in [6, 6.07) is 1.91. The molecule has 0 atom stereocenters. The molecule has 2 heterocycles. The molecule has 0 unspecified atom stereocenters. The van der Waals surface area contributed by atoms with Crippen LogP contribution in [0.2, 0.25) is 0 Å². The van der Waals surface area contributed by atoms with E-state index in [1.807, 2.05) is 4.90 Å². The summed E-state index contributed by atoms with van der Waals surface area (Å²) in [6.07, 6.45) is 3.46. The number of methoxy groups -OCH3 is 1. The standard InChI is InChI=1S/C15H22N4O3/c1-10(20)19-5-3-12(4-6-19)17-8-11-9-18-13(15(16)21)7-14(11)22-2/h7,9,12,17H,3-6,8H2,1-2H3,(H2,16,21). The van der Waals surface area contributed by atoms with Crippen LogP contribution in [-0.4, -0.2) is 47.9 Å². The van der Waals surface area contributed by atoms with Gasteiger partial charge in [-0.15, -0.1) is 0 Å². The predicted molar refractivity (Wildman–Crippen MR) is 81.4 cm³/mol. The molecule has 0 spiro atoms. The Morgan fingerprint density at radius 2 is 2.14 bits per heavy atom. The highest BCUT2D eigenvalue weighted by Crippen LogP contribution is 2.19. The van der Waals surface area contributed by atoms with Crippen LogP contribution in [0, 0.1) is 0 Å². The second-order valence-corrected chi connectivity index (χ2v) is 5.41. The number of ether oxygens (including phenoxy) is 1. The van der Waals surface area contributed by atoms with Crippen LogP contribution in [0.15, 0.2) is 12.3 Å². The molecular formula is C15H22N4O3. The van der Waals surface area contributed by atoms with Gasteiger partial charge in [-0.05, 0) is 12.8 Å². The highest BCUT2D eigenvalue weighted by atomic mass is 16.5. The van der Waals surface area contributed by atoms with Gasteiger partial charge in [0.25, 0.3) is 5.91 Å². The highest BCUT2D eigenvalue weighted by Gasteiger charge is 2.20. The summed E-state index contributed by atoms with van der Waals surface area (Å²) in [5.74, 6) is 0.151. The molecule has 0 bridgehead atoms. The Hall–Kier alpha value is -2.15. The number of nitrogens with one attached hydrogen (secondary N) is 1. The van der Waals surface area contributed by atoms with Crippen molar-refractivity contribution in [2.45, 2.75) is 32.4 Å². The first-order valence-corrected chi connectivity index (χ1v) is 7.33. The van der Waals surface area contributed by atoms with Crippen molar-refractivity contribution in [3.8, 4) is 5.75 Å². The van der Waals surface area contributed by atoms with Crippen LogP contribution in [0.5, 0.6) is 5.75 Å². The highest BCUT2D eigenvalue weighted by molar-refractivity contribution is 5.91. The van der Waals surface area contributed by atoms with Crippen molar-refractivity contribution in [2.75, 3.05) is 20.2 Å².